The van der Waals surface area contributed by atoms with Crippen molar-refractivity contribution in [2.75, 3.05) is 0 Å². The maximum absolute atomic E-state index is 11.6. The molecule has 0 spiro atoms. The fourth-order valence-electron chi connectivity index (χ4n) is 1.15. The molecule has 4 nitrogen and oxygen atoms in total. The van der Waals surface area contributed by atoms with Gasteiger partial charge in [-0.3, -0.25) is 9.78 Å². The quantitative estimate of drug-likeness (QED) is 0.713. The Balaban J connectivity index is 2.13. The molecule has 0 N–H and O–H groups in total. The Labute approximate surface area is 85.2 Å². The molecule has 0 bridgehead atoms. The third kappa shape index (κ3) is 1.72. The monoisotopic (exact) mass is 207 g/mol. The summed E-state index contributed by atoms with van der Waals surface area (Å²) < 4.78 is 1.85. The minimum Gasteiger partial charge on any atom is -0.338 e. The Morgan fingerprint density at radius 3 is 3.07 bits per heavy atom. The van der Waals surface area contributed by atoms with E-state index in [-0.39, 0.29) is 5.78 Å². The van der Waals surface area contributed by atoms with Crippen LogP contribution in [0.1, 0.15) is 15.5 Å². The molecule has 2 aromatic rings. The van der Waals surface area contributed by atoms with Gasteiger partial charge in [0, 0.05) is 25.6 Å². The molecule has 0 saturated carbocycles. The highest BCUT2D eigenvalue weighted by Crippen LogP contribution is 2.09. The molecule has 0 aromatic carbocycles. The molecule has 2 heterocycles. The lowest BCUT2D eigenvalue weighted by molar-refractivity contribution is 0.0993. The lowest BCUT2D eigenvalue weighted by Crippen LogP contribution is -2.06. The number of carbonyl (C=O) groups is 1. The zero-order chi connectivity index (χ0) is 9.97. The van der Waals surface area contributed by atoms with E-state index in [2.05, 4.69) is 9.97 Å². The predicted molar refractivity (Wildman–Crippen MR) is 53.4 cm³/mol. The average Bonchev–Trinajstić information content (AvgIpc) is 2.77. The van der Waals surface area contributed by atoms with Gasteiger partial charge in [0.15, 0.2) is 5.78 Å². The van der Waals surface area contributed by atoms with Crippen molar-refractivity contribution in [3.8, 4) is 0 Å². The van der Waals surface area contributed by atoms with Crippen LogP contribution in [0.15, 0.2) is 24.1 Å². The van der Waals surface area contributed by atoms with Crippen molar-refractivity contribution in [3.63, 3.8) is 0 Å². The first-order valence-corrected chi connectivity index (χ1v) is 5.03. The smallest absolute Gasteiger partial charge is 0.181 e. The van der Waals surface area contributed by atoms with Gasteiger partial charge in [0.25, 0.3) is 0 Å². The molecule has 0 aliphatic carbocycles. The highest BCUT2D eigenvalue weighted by Gasteiger charge is 2.10. The fraction of sp³-hybridized carbons (Fsp3) is 0.222. The maximum atomic E-state index is 11.6. The van der Waals surface area contributed by atoms with Crippen LogP contribution in [0, 0.1) is 0 Å². The average molecular weight is 207 g/mol. The van der Waals surface area contributed by atoms with Crippen LogP contribution in [-0.4, -0.2) is 20.3 Å². The Morgan fingerprint density at radius 1 is 1.64 bits per heavy atom. The molecule has 2 rings (SSSR count). The van der Waals surface area contributed by atoms with E-state index in [1.807, 2.05) is 17.8 Å². The van der Waals surface area contributed by atoms with Crippen molar-refractivity contribution >= 4 is 17.1 Å². The van der Waals surface area contributed by atoms with Gasteiger partial charge >= 0.3 is 0 Å². The van der Waals surface area contributed by atoms with Gasteiger partial charge in [0.1, 0.15) is 5.82 Å². The normalized spacial score (nSPS) is 10.4. The van der Waals surface area contributed by atoms with Crippen LogP contribution in [0.25, 0.3) is 0 Å². The topological polar surface area (TPSA) is 47.8 Å². The van der Waals surface area contributed by atoms with E-state index in [9.17, 15) is 4.79 Å². The van der Waals surface area contributed by atoms with E-state index in [1.54, 1.807) is 17.9 Å². The minimum absolute atomic E-state index is 0.0711. The van der Waals surface area contributed by atoms with Crippen LogP contribution >= 0.6 is 11.3 Å². The summed E-state index contributed by atoms with van der Waals surface area (Å²) in [7, 11) is 1.88. The van der Waals surface area contributed by atoms with Crippen molar-refractivity contribution < 1.29 is 4.79 Å². The van der Waals surface area contributed by atoms with Crippen LogP contribution in [0.2, 0.25) is 0 Å². The van der Waals surface area contributed by atoms with E-state index in [1.165, 1.54) is 11.3 Å². The molecule has 0 aliphatic heterocycles. The number of hydrogen-bond acceptors (Lipinski definition) is 4. The van der Waals surface area contributed by atoms with Crippen molar-refractivity contribution in [3.05, 3.63) is 34.8 Å². The number of hydrogen-bond donors (Lipinski definition) is 0. The van der Waals surface area contributed by atoms with Crippen LogP contribution in [0.4, 0.5) is 0 Å². The molecule has 0 aliphatic rings. The summed E-state index contributed by atoms with van der Waals surface area (Å²) in [6, 6.07) is 0. The van der Waals surface area contributed by atoms with Gasteiger partial charge in [-0.1, -0.05) is 0 Å². The van der Waals surface area contributed by atoms with Gasteiger partial charge in [-0.15, -0.1) is 11.3 Å². The number of ketones is 1. The first-order chi connectivity index (χ1) is 6.77. The molecule has 0 saturated heterocycles. The Morgan fingerprint density at radius 2 is 2.50 bits per heavy atom. The number of carbonyl (C=O) groups excluding carboxylic acids is 1. The second kappa shape index (κ2) is 3.71. The molecular weight excluding hydrogens is 198 g/mol. The number of Topliss-reactive ketones (excluding diaryl/α,β-unsaturated/α-hetero) is 1. The van der Waals surface area contributed by atoms with Crippen molar-refractivity contribution in [1.82, 2.24) is 14.5 Å². The zero-order valence-electron chi connectivity index (χ0n) is 7.67. The van der Waals surface area contributed by atoms with Crippen LogP contribution < -0.4 is 0 Å². The first kappa shape index (κ1) is 9.08. The first-order valence-electron chi connectivity index (χ1n) is 4.15. The summed E-state index contributed by atoms with van der Waals surface area (Å²) in [6.45, 7) is 0. The second-order valence-corrected chi connectivity index (χ2v) is 3.81. The second-order valence-electron chi connectivity index (χ2n) is 2.92. The summed E-state index contributed by atoms with van der Waals surface area (Å²) in [4.78, 5) is 20.3. The summed E-state index contributed by atoms with van der Waals surface area (Å²) in [5, 5.41) is 0. The molecule has 0 amide bonds. The number of aromatic nitrogens is 3. The number of imidazole rings is 1. The molecule has 14 heavy (non-hydrogen) atoms. The van der Waals surface area contributed by atoms with Gasteiger partial charge < -0.3 is 4.57 Å². The lowest BCUT2D eigenvalue weighted by Gasteiger charge is -1.98. The summed E-state index contributed by atoms with van der Waals surface area (Å²) >= 11 is 1.36. The van der Waals surface area contributed by atoms with Crippen LogP contribution in [-0.2, 0) is 13.5 Å². The fourth-order valence-corrected chi connectivity index (χ4v) is 1.71. The molecule has 2 aromatic heterocycles. The Hall–Kier alpha value is -1.49. The molecule has 0 atom stereocenters. The number of aryl methyl sites for hydroxylation is 1. The van der Waals surface area contributed by atoms with Crippen molar-refractivity contribution in [1.29, 1.82) is 0 Å². The Kier molecular flexibility index (Phi) is 2.41. The molecule has 5 heteroatoms. The summed E-state index contributed by atoms with van der Waals surface area (Å²) in [6.07, 6.45) is 5.45. The van der Waals surface area contributed by atoms with E-state index in [0.29, 0.717) is 11.3 Å². The van der Waals surface area contributed by atoms with Crippen molar-refractivity contribution in [2.24, 2.45) is 7.05 Å². The zero-order valence-corrected chi connectivity index (χ0v) is 8.49. The predicted octanol–water partition coefficient (Wildman–Crippen LogP) is 1.30. The van der Waals surface area contributed by atoms with Gasteiger partial charge in [-0.2, -0.15) is 0 Å². The van der Waals surface area contributed by atoms with Gasteiger partial charge in [-0.05, 0) is 0 Å². The van der Waals surface area contributed by atoms with Crippen LogP contribution in [0.3, 0.4) is 0 Å². The lowest BCUT2D eigenvalue weighted by atomic mass is 10.2. The maximum Gasteiger partial charge on any atom is 0.181 e. The third-order valence-electron chi connectivity index (χ3n) is 1.95. The molecule has 72 valence electrons. The van der Waals surface area contributed by atoms with E-state index < -0.39 is 0 Å². The highest BCUT2D eigenvalue weighted by molar-refractivity contribution is 7.11. The number of nitrogens with zero attached hydrogens (tertiary/aromatic N) is 3. The minimum atomic E-state index is 0.0711. The van der Waals surface area contributed by atoms with E-state index in [4.69, 9.17) is 0 Å². The standard InChI is InChI=1S/C9H9N3OS/c1-12-3-2-11-9(12)4-7(13)8-5-10-6-14-8/h2-3,5-6H,4H2,1H3. The summed E-state index contributed by atoms with van der Waals surface area (Å²) in [5.41, 5.74) is 1.66. The largest absolute Gasteiger partial charge is 0.338 e. The third-order valence-corrected chi connectivity index (χ3v) is 2.76. The number of rotatable bonds is 3. The van der Waals surface area contributed by atoms with E-state index >= 15 is 0 Å². The molecule has 0 radical (unpaired) electrons. The van der Waals surface area contributed by atoms with Crippen molar-refractivity contribution in [2.45, 2.75) is 6.42 Å². The molecule has 0 unspecified atom stereocenters. The SMILES string of the molecule is Cn1ccnc1CC(=O)c1cncs1. The molecular formula is C9H9N3OS. The molecule has 0 fully saturated rings. The number of thiazole rings is 1. The Bertz CT molecular complexity index is 433. The highest BCUT2D eigenvalue weighted by atomic mass is 32.1. The van der Waals surface area contributed by atoms with Gasteiger partial charge in [0.2, 0.25) is 0 Å². The van der Waals surface area contributed by atoms with Gasteiger partial charge in [0.05, 0.1) is 16.8 Å². The van der Waals surface area contributed by atoms with Crippen LogP contribution in [0.5, 0.6) is 0 Å². The summed E-state index contributed by atoms with van der Waals surface area (Å²) in [5.74, 6) is 0.852. The van der Waals surface area contributed by atoms with Gasteiger partial charge in [-0.25, -0.2) is 4.98 Å². The van der Waals surface area contributed by atoms with E-state index in [0.717, 1.165) is 5.82 Å².